The van der Waals surface area contributed by atoms with E-state index in [4.69, 9.17) is 5.11 Å². The summed E-state index contributed by atoms with van der Waals surface area (Å²) in [6.45, 7) is 0. The second kappa shape index (κ2) is 3.26. The van der Waals surface area contributed by atoms with E-state index in [0.29, 0.717) is 12.8 Å². The van der Waals surface area contributed by atoms with Crippen LogP contribution in [0, 0.1) is 0 Å². The summed E-state index contributed by atoms with van der Waals surface area (Å²) in [6, 6.07) is -0.936. The zero-order valence-corrected chi connectivity index (χ0v) is 7.70. The van der Waals surface area contributed by atoms with Gasteiger partial charge >= 0.3 is 12.5 Å². The van der Waals surface area contributed by atoms with Crippen molar-refractivity contribution in [2.24, 2.45) is 0 Å². The van der Waals surface area contributed by atoms with Gasteiger partial charge in [0.2, 0.25) is 0 Å². The van der Waals surface area contributed by atoms with Crippen LogP contribution in [0.25, 0.3) is 0 Å². The molecule has 4 nitrogen and oxygen atoms in total. The van der Waals surface area contributed by atoms with Crippen molar-refractivity contribution in [3.63, 3.8) is 0 Å². The fraction of sp³-hybridized carbons (Fsp3) is 0.875. The molecule has 15 heavy (non-hydrogen) atoms. The maximum Gasteiger partial charge on any atom is 0.522 e. The Kier molecular flexibility index (Phi) is 2.29. The third-order valence-electron chi connectivity index (χ3n) is 2.99. The minimum Gasteiger partial charge on any atom is -0.465 e. The van der Waals surface area contributed by atoms with Crippen LogP contribution in [0.5, 0.6) is 0 Å². The molecule has 7 heteroatoms. The molecular weight excluding hydrogens is 215 g/mol. The number of alkyl halides is 3. The lowest BCUT2D eigenvalue weighted by Crippen LogP contribution is -2.39. The van der Waals surface area contributed by atoms with E-state index < -0.39 is 24.6 Å². The SMILES string of the molecule is O=C(O)N1C2CC[C@@H]1CC2OC(F)(F)F. The molecule has 0 spiro atoms. The first-order valence-corrected chi connectivity index (χ1v) is 4.64. The van der Waals surface area contributed by atoms with E-state index in [0.717, 1.165) is 4.90 Å². The lowest BCUT2D eigenvalue weighted by molar-refractivity contribution is -0.344. The predicted molar refractivity (Wildman–Crippen MR) is 42.2 cm³/mol. The number of nitrogens with zero attached hydrogens (tertiary/aromatic N) is 1. The molecule has 1 N–H and O–H groups in total. The van der Waals surface area contributed by atoms with Crippen molar-refractivity contribution in [2.75, 3.05) is 0 Å². The van der Waals surface area contributed by atoms with Gasteiger partial charge in [-0.15, -0.1) is 13.2 Å². The van der Waals surface area contributed by atoms with Crippen molar-refractivity contribution in [1.29, 1.82) is 0 Å². The molecule has 0 aromatic heterocycles. The summed E-state index contributed by atoms with van der Waals surface area (Å²) >= 11 is 0. The monoisotopic (exact) mass is 225 g/mol. The van der Waals surface area contributed by atoms with Gasteiger partial charge in [-0.3, -0.25) is 9.64 Å². The molecule has 3 atom stereocenters. The Morgan fingerprint density at radius 3 is 2.53 bits per heavy atom. The lowest BCUT2D eigenvalue weighted by atomic mass is 9.98. The van der Waals surface area contributed by atoms with Crippen LogP contribution in [0.15, 0.2) is 0 Å². The molecule has 2 bridgehead atoms. The molecule has 0 radical (unpaired) electrons. The Morgan fingerprint density at radius 1 is 1.40 bits per heavy atom. The Hall–Kier alpha value is -0.980. The van der Waals surface area contributed by atoms with Crippen LogP contribution in [0.1, 0.15) is 19.3 Å². The van der Waals surface area contributed by atoms with Crippen molar-refractivity contribution in [3.8, 4) is 0 Å². The molecule has 86 valence electrons. The molecule has 0 aromatic carbocycles. The van der Waals surface area contributed by atoms with Crippen molar-refractivity contribution in [2.45, 2.75) is 43.8 Å². The largest absolute Gasteiger partial charge is 0.522 e. The summed E-state index contributed by atoms with van der Waals surface area (Å²) in [4.78, 5) is 11.9. The van der Waals surface area contributed by atoms with Gasteiger partial charge in [0.15, 0.2) is 0 Å². The Balaban J connectivity index is 2.05. The molecular formula is C8H10F3NO3. The second-order valence-corrected chi connectivity index (χ2v) is 3.83. The number of amides is 1. The molecule has 2 fully saturated rings. The van der Waals surface area contributed by atoms with E-state index in [1.165, 1.54) is 0 Å². The van der Waals surface area contributed by atoms with Gasteiger partial charge in [0.1, 0.15) is 0 Å². The maximum atomic E-state index is 12.0. The fourth-order valence-corrected chi connectivity index (χ4v) is 2.53. The summed E-state index contributed by atoms with van der Waals surface area (Å²) < 4.78 is 39.8. The zero-order chi connectivity index (χ0) is 11.2. The smallest absolute Gasteiger partial charge is 0.465 e. The van der Waals surface area contributed by atoms with E-state index >= 15 is 0 Å². The molecule has 2 unspecified atom stereocenters. The van der Waals surface area contributed by atoms with Gasteiger partial charge < -0.3 is 5.11 Å². The van der Waals surface area contributed by atoms with E-state index in [9.17, 15) is 18.0 Å². The number of carbonyl (C=O) groups is 1. The van der Waals surface area contributed by atoms with Crippen LogP contribution < -0.4 is 0 Å². The van der Waals surface area contributed by atoms with E-state index in [1.807, 2.05) is 0 Å². The van der Waals surface area contributed by atoms with Crippen molar-refractivity contribution in [3.05, 3.63) is 0 Å². The van der Waals surface area contributed by atoms with Crippen LogP contribution in [0.3, 0.4) is 0 Å². The first kappa shape index (κ1) is 10.5. The van der Waals surface area contributed by atoms with Gasteiger partial charge in [-0.25, -0.2) is 4.79 Å². The molecule has 2 rings (SSSR count). The van der Waals surface area contributed by atoms with Crippen LogP contribution in [-0.4, -0.2) is 40.6 Å². The van der Waals surface area contributed by atoms with Crippen molar-refractivity contribution < 1.29 is 27.8 Å². The molecule has 0 aromatic rings. The highest BCUT2D eigenvalue weighted by Gasteiger charge is 2.52. The molecule has 2 aliphatic rings. The number of halogens is 3. The average molecular weight is 225 g/mol. The Labute approximate surface area is 83.6 Å². The van der Waals surface area contributed by atoms with E-state index in [2.05, 4.69) is 4.74 Å². The van der Waals surface area contributed by atoms with Gasteiger partial charge in [-0.1, -0.05) is 0 Å². The average Bonchev–Trinajstić information content (AvgIpc) is 2.56. The molecule has 2 aliphatic heterocycles. The summed E-state index contributed by atoms with van der Waals surface area (Å²) in [6.07, 6.45) is -5.63. The second-order valence-electron chi connectivity index (χ2n) is 3.83. The first-order chi connectivity index (χ1) is 6.88. The molecule has 2 heterocycles. The van der Waals surface area contributed by atoms with Gasteiger partial charge in [0.25, 0.3) is 0 Å². The van der Waals surface area contributed by atoms with Crippen LogP contribution in [-0.2, 0) is 4.74 Å². The summed E-state index contributed by atoms with van der Waals surface area (Å²) in [5, 5.41) is 8.80. The summed E-state index contributed by atoms with van der Waals surface area (Å²) in [5.41, 5.74) is 0. The Morgan fingerprint density at radius 2 is 2.07 bits per heavy atom. The summed E-state index contributed by atoms with van der Waals surface area (Å²) in [7, 11) is 0. The first-order valence-electron chi connectivity index (χ1n) is 4.64. The Bertz CT molecular complexity index is 281. The maximum absolute atomic E-state index is 12.0. The minimum atomic E-state index is -4.68. The van der Waals surface area contributed by atoms with Gasteiger partial charge in [-0.05, 0) is 19.3 Å². The standard InChI is InChI=1S/C8H10F3NO3/c9-8(10,11)15-6-3-4-1-2-5(6)12(4)7(13)14/h4-6H,1-3H2,(H,13,14)/t4-,5?,6?/m1/s1. The number of rotatable bonds is 1. The van der Waals surface area contributed by atoms with Gasteiger partial charge in [0.05, 0.1) is 12.1 Å². The fourth-order valence-electron chi connectivity index (χ4n) is 2.53. The van der Waals surface area contributed by atoms with Crippen molar-refractivity contribution >= 4 is 6.09 Å². The van der Waals surface area contributed by atoms with Crippen molar-refractivity contribution in [1.82, 2.24) is 4.90 Å². The number of hydrogen-bond donors (Lipinski definition) is 1. The van der Waals surface area contributed by atoms with E-state index in [1.54, 1.807) is 0 Å². The normalized spacial score (nSPS) is 34.9. The highest BCUT2D eigenvalue weighted by molar-refractivity contribution is 5.67. The molecule has 0 saturated carbocycles. The van der Waals surface area contributed by atoms with Crippen LogP contribution >= 0.6 is 0 Å². The number of ether oxygens (including phenoxy) is 1. The summed E-state index contributed by atoms with van der Waals surface area (Å²) in [5.74, 6) is 0. The third kappa shape index (κ3) is 1.88. The predicted octanol–water partition coefficient (Wildman–Crippen LogP) is 1.81. The minimum absolute atomic E-state index is 0.149. The number of fused-ring (bicyclic) bond motifs is 2. The van der Waals surface area contributed by atoms with Crippen LogP contribution in [0.2, 0.25) is 0 Å². The number of carboxylic acid groups (broad SMARTS) is 1. The lowest BCUT2D eigenvalue weighted by Gasteiger charge is -2.22. The molecule has 1 amide bonds. The third-order valence-corrected chi connectivity index (χ3v) is 2.99. The van der Waals surface area contributed by atoms with E-state index in [-0.39, 0.29) is 12.5 Å². The zero-order valence-electron chi connectivity index (χ0n) is 7.70. The molecule has 2 saturated heterocycles. The topological polar surface area (TPSA) is 49.8 Å². The van der Waals surface area contributed by atoms with Gasteiger partial charge in [-0.2, -0.15) is 0 Å². The van der Waals surface area contributed by atoms with Gasteiger partial charge in [0, 0.05) is 6.04 Å². The highest BCUT2D eigenvalue weighted by Crippen LogP contribution is 2.41. The number of hydrogen-bond acceptors (Lipinski definition) is 2. The molecule has 0 aliphatic carbocycles. The quantitative estimate of drug-likeness (QED) is 0.740. The highest BCUT2D eigenvalue weighted by atomic mass is 19.4. The van der Waals surface area contributed by atoms with Crippen LogP contribution in [0.4, 0.5) is 18.0 Å².